The average Bonchev–Trinajstić information content (AvgIpc) is 2.79. The minimum absolute atomic E-state index is 0.559. The van der Waals surface area contributed by atoms with Gasteiger partial charge in [0.2, 0.25) is 0 Å². The van der Waals surface area contributed by atoms with Crippen LogP contribution in [0.1, 0.15) is 77.0 Å². The van der Waals surface area contributed by atoms with Gasteiger partial charge in [0.15, 0.2) is 0 Å². The molecule has 2 nitrogen and oxygen atoms in total. The Morgan fingerprint density at radius 1 is 0.722 bits per heavy atom. The second kappa shape index (κ2) is 8.92. The summed E-state index contributed by atoms with van der Waals surface area (Å²) in [5.74, 6) is 0. The SMILES string of the molecule is C1CCCC(NCCOC2CCCCCC2)CC1. The smallest absolute Gasteiger partial charge is 0.0594 e. The largest absolute Gasteiger partial charge is 0.377 e. The highest BCUT2D eigenvalue weighted by Crippen LogP contribution is 2.20. The summed E-state index contributed by atoms with van der Waals surface area (Å²) in [6.07, 6.45) is 17.2. The van der Waals surface area contributed by atoms with Crippen molar-refractivity contribution in [1.29, 1.82) is 0 Å². The van der Waals surface area contributed by atoms with E-state index in [0.29, 0.717) is 6.10 Å². The van der Waals surface area contributed by atoms with Crippen LogP contribution in [0.25, 0.3) is 0 Å². The maximum atomic E-state index is 6.02. The lowest BCUT2D eigenvalue weighted by atomic mass is 10.1. The van der Waals surface area contributed by atoms with Crippen LogP contribution in [0, 0.1) is 0 Å². The Balaban J connectivity index is 1.51. The Labute approximate surface area is 113 Å². The monoisotopic (exact) mass is 253 g/mol. The van der Waals surface area contributed by atoms with Gasteiger partial charge in [-0.15, -0.1) is 0 Å². The molecule has 2 aliphatic carbocycles. The van der Waals surface area contributed by atoms with Crippen molar-refractivity contribution in [1.82, 2.24) is 5.32 Å². The van der Waals surface area contributed by atoms with Crippen LogP contribution >= 0.6 is 0 Å². The number of nitrogens with one attached hydrogen (secondary N) is 1. The highest BCUT2D eigenvalue weighted by atomic mass is 16.5. The molecule has 0 atom stereocenters. The predicted molar refractivity (Wildman–Crippen MR) is 76.9 cm³/mol. The first-order valence-corrected chi connectivity index (χ1v) is 8.30. The summed E-state index contributed by atoms with van der Waals surface area (Å²) in [5.41, 5.74) is 0. The molecule has 0 radical (unpaired) electrons. The maximum absolute atomic E-state index is 6.02. The summed E-state index contributed by atoms with van der Waals surface area (Å²) >= 11 is 0. The topological polar surface area (TPSA) is 21.3 Å². The minimum Gasteiger partial charge on any atom is -0.377 e. The maximum Gasteiger partial charge on any atom is 0.0594 e. The van der Waals surface area contributed by atoms with E-state index in [-0.39, 0.29) is 0 Å². The second-order valence-corrected chi connectivity index (χ2v) is 6.13. The van der Waals surface area contributed by atoms with Crippen LogP contribution in [0.5, 0.6) is 0 Å². The van der Waals surface area contributed by atoms with Crippen molar-refractivity contribution in [3.8, 4) is 0 Å². The van der Waals surface area contributed by atoms with Crippen LogP contribution in [-0.2, 0) is 4.74 Å². The van der Waals surface area contributed by atoms with Crippen molar-refractivity contribution in [2.75, 3.05) is 13.2 Å². The Bertz CT molecular complexity index is 169. The first-order chi connectivity index (χ1) is 8.95. The number of hydrogen-bond donors (Lipinski definition) is 1. The van der Waals surface area contributed by atoms with Crippen LogP contribution in [0.2, 0.25) is 0 Å². The van der Waals surface area contributed by atoms with Gasteiger partial charge in [0, 0.05) is 12.6 Å². The van der Waals surface area contributed by atoms with Crippen LogP contribution < -0.4 is 5.32 Å². The fourth-order valence-electron chi connectivity index (χ4n) is 3.38. The molecular formula is C16H31NO. The number of ether oxygens (including phenoxy) is 1. The summed E-state index contributed by atoms with van der Waals surface area (Å²) in [4.78, 5) is 0. The molecule has 0 saturated heterocycles. The normalized spacial score (nSPS) is 24.7. The van der Waals surface area contributed by atoms with Gasteiger partial charge < -0.3 is 10.1 Å². The summed E-state index contributed by atoms with van der Waals surface area (Å²) in [7, 11) is 0. The van der Waals surface area contributed by atoms with Gasteiger partial charge in [0.25, 0.3) is 0 Å². The van der Waals surface area contributed by atoms with Gasteiger partial charge in [-0.25, -0.2) is 0 Å². The van der Waals surface area contributed by atoms with Crippen molar-refractivity contribution in [3.63, 3.8) is 0 Å². The van der Waals surface area contributed by atoms with Crippen molar-refractivity contribution >= 4 is 0 Å². The van der Waals surface area contributed by atoms with Gasteiger partial charge in [0.1, 0.15) is 0 Å². The summed E-state index contributed by atoms with van der Waals surface area (Å²) < 4.78 is 6.02. The lowest BCUT2D eigenvalue weighted by Gasteiger charge is -2.19. The van der Waals surface area contributed by atoms with Crippen molar-refractivity contribution in [2.45, 2.75) is 89.2 Å². The lowest BCUT2D eigenvalue weighted by molar-refractivity contribution is 0.0438. The Morgan fingerprint density at radius 3 is 1.89 bits per heavy atom. The third-order valence-corrected chi connectivity index (χ3v) is 4.55. The molecule has 0 amide bonds. The average molecular weight is 253 g/mol. The Morgan fingerprint density at radius 2 is 1.28 bits per heavy atom. The van der Waals surface area contributed by atoms with Gasteiger partial charge in [-0.2, -0.15) is 0 Å². The van der Waals surface area contributed by atoms with E-state index in [9.17, 15) is 0 Å². The van der Waals surface area contributed by atoms with Crippen molar-refractivity contribution in [2.24, 2.45) is 0 Å². The minimum atomic E-state index is 0.559. The molecule has 106 valence electrons. The quantitative estimate of drug-likeness (QED) is 0.590. The molecule has 0 aromatic heterocycles. The molecule has 0 spiro atoms. The molecule has 2 saturated carbocycles. The molecule has 2 fully saturated rings. The molecule has 1 N–H and O–H groups in total. The van der Waals surface area contributed by atoms with Crippen LogP contribution in [-0.4, -0.2) is 25.3 Å². The molecule has 2 heteroatoms. The number of rotatable bonds is 5. The molecule has 2 aliphatic rings. The first-order valence-electron chi connectivity index (χ1n) is 8.30. The van der Waals surface area contributed by atoms with E-state index in [1.165, 1.54) is 77.0 Å². The molecule has 0 aromatic rings. The van der Waals surface area contributed by atoms with E-state index in [4.69, 9.17) is 4.74 Å². The lowest BCUT2D eigenvalue weighted by Crippen LogP contribution is -2.32. The Kier molecular flexibility index (Phi) is 7.11. The predicted octanol–water partition coefficient (Wildman–Crippen LogP) is 4.04. The molecule has 0 aromatic carbocycles. The molecule has 0 aliphatic heterocycles. The van der Waals surface area contributed by atoms with E-state index in [2.05, 4.69) is 5.32 Å². The molecule has 0 bridgehead atoms. The summed E-state index contributed by atoms with van der Waals surface area (Å²) in [6.45, 7) is 1.97. The van der Waals surface area contributed by atoms with Crippen molar-refractivity contribution in [3.05, 3.63) is 0 Å². The van der Waals surface area contributed by atoms with Crippen LogP contribution in [0.15, 0.2) is 0 Å². The van der Waals surface area contributed by atoms with Gasteiger partial charge in [-0.3, -0.25) is 0 Å². The van der Waals surface area contributed by atoms with Gasteiger partial charge >= 0.3 is 0 Å². The fraction of sp³-hybridized carbons (Fsp3) is 1.00. The van der Waals surface area contributed by atoms with Crippen molar-refractivity contribution < 1.29 is 4.74 Å². The fourth-order valence-corrected chi connectivity index (χ4v) is 3.38. The Hall–Kier alpha value is -0.0800. The zero-order valence-electron chi connectivity index (χ0n) is 12.0. The second-order valence-electron chi connectivity index (χ2n) is 6.13. The molecule has 2 rings (SSSR count). The zero-order valence-corrected chi connectivity index (χ0v) is 12.0. The van der Waals surface area contributed by atoms with E-state index < -0.39 is 0 Å². The van der Waals surface area contributed by atoms with Crippen LogP contribution in [0.3, 0.4) is 0 Å². The molecular weight excluding hydrogens is 222 g/mol. The molecule has 0 unspecified atom stereocenters. The van der Waals surface area contributed by atoms with Crippen LogP contribution in [0.4, 0.5) is 0 Å². The summed E-state index contributed by atoms with van der Waals surface area (Å²) in [6, 6.07) is 0.769. The third-order valence-electron chi connectivity index (χ3n) is 4.55. The van der Waals surface area contributed by atoms with Gasteiger partial charge in [-0.05, 0) is 25.7 Å². The zero-order chi connectivity index (χ0) is 12.5. The summed E-state index contributed by atoms with van der Waals surface area (Å²) in [5, 5.41) is 3.69. The number of hydrogen-bond acceptors (Lipinski definition) is 2. The van der Waals surface area contributed by atoms with E-state index in [1.807, 2.05) is 0 Å². The van der Waals surface area contributed by atoms with E-state index in [1.54, 1.807) is 0 Å². The standard InChI is InChI=1S/C16H31NO/c1-2-6-10-15(9-5-1)17-13-14-18-16-11-7-3-4-8-12-16/h15-17H,1-14H2. The first kappa shape index (κ1) is 14.3. The van der Waals surface area contributed by atoms with Gasteiger partial charge in [-0.1, -0.05) is 51.4 Å². The van der Waals surface area contributed by atoms with E-state index in [0.717, 1.165) is 19.2 Å². The molecule has 0 heterocycles. The molecule has 18 heavy (non-hydrogen) atoms. The highest BCUT2D eigenvalue weighted by Gasteiger charge is 2.13. The van der Waals surface area contributed by atoms with Gasteiger partial charge in [0.05, 0.1) is 12.7 Å². The third kappa shape index (κ3) is 5.71. The highest BCUT2D eigenvalue weighted by molar-refractivity contribution is 4.70. The van der Waals surface area contributed by atoms with E-state index >= 15 is 0 Å².